The van der Waals surface area contributed by atoms with E-state index < -0.39 is 4.92 Å². The van der Waals surface area contributed by atoms with E-state index in [-0.39, 0.29) is 18.3 Å². The van der Waals surface area contributed by atoms with Crippen LogP contribution >= 0.6 is 0 Å². The molecule has 0 aliphatic carbocycles. The third-order valence-corrected chi connectivity index (χ3v) is 3.15. The molecule has 1 aliphatic heterocycles. The smallest absolute Gasteiger partial charge is 0.290 e. The number of aliphatic hydroxyl groups is 1. The van der Waals surface area contributed by atoms with Crippen molar-refractivity contribution in [3.8, 4) is 0 Å². The molecule has 92 valence electrons. The number of rotatable bonds is 3. The molecule has 1 unspecified atom stereocenters. The number of hydrogen-bond acceptors (Lipinski definition) is 5. The Kier molecular flexibility index (Phi) is 3.23. The van der Waals surface area contributed by atoms with Crippen molar-refractivity contribution in [2.45, 2.75) is 25.8 Å². The second kappa shape index (κ2) is 4.67. The molecule has 0 amide bonds. The molecule has 17 heavy (non-hydrogen) atoms. The van der Waals surface area contributed by atoms with Crippen LogP contribution in [0.25, 0.3) is 0 Å². The number of anilines is 1. The number of nitrogens with zero attached hydrogens (tertiary/aromatic N) is 3. The van der Waals surface area contributed by atoms with Crippen molar-refractivity contribution in [3.05, 3.63) is 27.9 Å². The zero-order valence-corrected chi connectivity index (χ0v) is 9.67. The SMILES string of the molecule is Cc1cc(N2CCCC2CO)ncc1[N+](=O)[O-]. The number of hydrogen-bond donors (Lipinski definition) is 1. The molecule has 6 nitrogen and oxygen atoms in total. The highest BCUT2D eigenvalue weighted by molar-refractivity contribution is 5.49. The first-order chi connectivity index (χ1) is 8.13. The van der Waals surface area contributed by atoms with E-state index in [9.17, 15) is 15.2 Å². The van der Waals surface area contributed by atoms with E-state index in [1.807, 2.05) is 4.90 Å². The van der Waals surface area contributed by atoms with Crippen LogP contribution in [0.5, 0.6) is 0 Å². The lowest BCUT2D eigenvalue weighted by atomic mass is 10.2. The van der Waals surface area contributed by atoms with Crippen molar-refractivity contribution in [1.29, 1.82) is 0 Å². The molecule has 2 heterocycles. The Morgan fingerprint density at radius 1 is 1.71 bits per heavy atom. The standard InChI is InChI=1S/C11H15N3O3/c1-8-5-11(12-6-10(8)14(16)17)13-4-2-3-9(13)7-15/h5-6,9,15H,2-4,7H2,1H3. The number of pyridine rings is 1. The van der Waals surface area contributed by atoms with E-state index >= 15 is 0 Å². The molecule has 0 radical (unpaired) electrons. The van der Waals surface area contributed by atoms with E-state index in [4.69, 9.17) is 0 Å². The maximum Gasteiger partial charge on any atom is 0.290 e. The van der Waals surface area contributed by atoms with Gasteiger partial charge in [0.25, 0.3) is 5.69 Å². The zero-order chi connectivity index (χ0) is 12.4. The molecule has 0 spiro atoms. The summed E-state index contributed by atoms with van der Waals surface area (Å²) < 4.78 is 0. The third-order valence-electron chi connectivity index (χ3n) is 3.15. The Bertz CT molecular complexity index is 436. The van der Waals surface area contributed by atoms with Crippen molar-refractivity contribution in [1.82, 2.24) is 4.98 Å². The van der Waals surface area contributed by atoms with Gasteiger partial charge in [-0.1, -0.05) is 0 Å². The fourth-order valence-electron chi connectivity index (χ4n) is 2.21. The lowest BCUT2D eigenvalue weighted by Crippen LogP contribution is -2.32. The molecular formula is C11H15N3O3. The Balaban J connectivity index is 2.28. The number of aliphatic hydroxyl groups excluding tert-OH is 1. The van der Waals surface area contributed by atoms with Crippen LogP contribution in [0.2, 0.25) is 0 Å². The highest BCUT2D eigenvalue weighted by Crippen LogP contribution is 2.27. The van der Waals surface area contributed by atoms with Gasteiger partial charge in [0.1, 0.15) is 12.0 Å². The van der Waals surface area contributed by atoms with Gasteiger partial charge < -0.3 is 10.0 Å². The van der Waals surface area contributed by atoms with Gasteiger partial charge in [-0.15, -0.1) is 0 Å². The van der Waals surface area contributed by atoms with E-state index in [1.165, 1.54) is 6.20 Å². The Morgan fingerprint density at radius 3 is 3.06 bits per heavy atom. The summed E-state index contributed by atoms with van der Waals surface area (Å²) in [6, 6.07) is 1.80. The predicted molar refractivity (Wildman–Crippen MR) is 63.1 cm³/mol. The topological polar surface area (TPSA) is 79.5 Å². The van der Waals surface area contributed by atoms with Crippen LogP contribution in [-0.2, 0) is 0 Å². The van der Waals surface area contributed by atoms with Crippen LogP contribution in [0.1, 0.15) is 18.4 Å². The van der Waals surface area contributed by atoms with Gasteiger partial charge in [-0.2, -0.15) is 0 Å². The number of nitro groups is 1. The van der Waals surface area contributed by atoms with Gasteiger partial charge in [0, 0.05) is 12.1 Å². The maximum atomic E-state index is 10.7. The first kappa shape index (κ1) is 11.8. The molecule has 1 fully saturated rings. The number of aryl methyl sites for hydroxylation is 1. The van der Waals surface area contributed by atoms with Gasteiger partial charge in [-0.05, 0) is 25.8 Å². The second-order valence-corrected chi connectivity index (χ2v) is 4.26. The fraction of sp³-hybridized carbons (Fsp3) is 0.545. The van der Waals surface area contributed by atoms with Crippen molar-refractivity contribution in [2.24, 2.45) is 0 Å². The fourth-order valence-corrected chi connectivity index (χ4v) is 2.21. The lowest BCUT2D eigenvalue weighted by molar-refractivity contribution is -0.385. The lowest BCUT2D eigenvalue weighted by Gasteiger charge is -2.24. The summed E-state index contributed by atoms with van der Waals surface area (Å²) >= 11 is 0. The van der Waals surface area contributed by atoms with Crippen LogP contribution < -0.4 is 4.90 Å². The molecule has 1 aromatic heterocycles. The summed E-state index contributed by atoms with van der Waals surface area (Å²) in [6.07, 6.45) is 3.24. The normalized spacial score (nSPS) is 19.6. The van der Waals surface area contributed by atoms with Crippen LogP contribution in [0.15, 0.2) is 12.3 Å². The minimum absolute atomic E-state index is 0.0356. The molecule has 0 aromatic carbocycles. The summed E-state index contributed by atoms with van der Waals surface area (Å²) in [5.41, 5.74) is 0.636. The monoisotopic (exact) mass is 237 g/mol. The summed E-state index contributed by atoms with van der Waals surface area (Å²) in [4.78, 5) is 16.4. The molecule has 1 aromatic rings. The molecule has 0 bridgehead atoms. The van der Waals surface area contributed by atoms with Gasteiger partial charge in [0.05, 0.1) is 17.6 Å². The minimum atomic E-state index is -0.431. The van der Waals surface area contributed by atoms with Crippen LogP contribution in [0.4, 0.5) is 11.5 Å². The average Bonchev–Trinajstić information content (AvgIpc) is 2.76. The van der Waals surface area contributed by atoms with Gasteiger partial charge in [-0.25, -0.2) is 4.98 Å². The van der Waals surface area contributed by atoms with Gasteiger partial charge in [-0.3, -0.25) is 10.1 Å². The maximum absolute atomic E-state index is 10.7. The molecule has 1 N–H and O–H groups in total. The summed E-state index contributed by atoms with van der Waals surface area (Å²) in [6.45, 7) is 2.64. The van der Waals surface area contributed by atoms with Crippen molar-refractivity contribution < 1.29 is 10.0 Å². The molecular weight excluding hydrogens is 222 g/mol. The van der Waals surface area contributed by atoms with E-state index in [0.717, 1.165) is 19.4 Å². The molecule has 1 atom stereocenters. The average molecular weight is 237 g/mol. The molecule has 1 aliphatic rings. The minimum Gasteiger partial charge on any atom is -0.394 e. The van der Waals surface area contributed by atoms with Crippen LogP contribution in [-0.4, -0.2) is 34.2 Å². The van der Waals surface area contributed by atoms with Gasteiger partial charge >= 0.3 is 0 Å². The van der Waals surface area contributed by atoms with Crippen molar-refractivity contribution in [3.63, 3.8) is 0 Å². The van der Waals surface area contributed by atoms with Gasteiger partial charge in [0.15, 0.2) is 0 Å². The Labute approximate surface area is 99.0 Å². The predicted octanol–water partition coefficient (Wildman–Crippen LogP) is 1.26. The first-order valence-corrected chi connectivity index (χ1v) is 5.62. The highest BCUT2D eigenvalue weighted by atomic mass is 16.6. The van der Waals surface area contributed by atoms with Gasteiger partial charge in [0.2, 0.25) is 0 Å². The molecule has 2 rings (SSSR count). The van der Waals surface area contributed by atoms with Crippen LogP contribution in [0.3, 0.4) is 0 Å². The van der Waals surface area contributed by atoms with E-state index in [0.29, 0.717) is 11.4 Å². The van der Waals surface area contributed by atoms with Crippen molar-refractivity contribution >= 4 is 11.5 Å². The Morgan fingerprint density at radius 2 is 2.47 bits per heavy atom. The second-order valence-electron chi connectivity index (χ2n) is 4.26. The highest BCUT2D eigenvalue weighted by Gasteiger charge is 2.25. The molecule has 1 saturated heterocycles. The summed E-state index contributed by atoms with van der Waals surface area (Å²) in [7, 11) is 0. The van der Waals surface area contributed by atoms with E-state index in [1.54, 1.807) is 13.0 Å². The van der Waals surface area contributed by atoms with Crippen molar-refractivity contribution in [2.75, 3.05) is 18.1 Å². The summed E-state index contributed by atoms with van der Waals surface area (Å²) in [5, 5.41) is 19.9. The quantitative estimate of drug-likeness (QED) is 0.632. The largest absolute Gasteiger partial charge is 0.394 e. The van der Waals surface area contributed by atoms with Crippen LogP contribution in [0, 0.1) is 17.0 Å². The Hall–Kier alpha value is -1.69. The molecule has 0 saturated carbocycles. The van der Waals surface area contributed by atoms with E-state index in [2.05, 4.69) is 4.98 Å². The summed E-state index contributed by atoms with van der Waals surface area (Å²) in [5.74, 6) is 0.713. The number of aromatic nitrogens is 1. The zero-order valence-electron chi connectivity index (χ0n) is 9.67. The first-order valence-electron chi connectivity index (χ1n) is 5.62. The third kappa shape index (κ3) is 2.21. The molecule has 6 heteroatoms.